The van der Waals surface area contributed by atoms with Crippen LogP contribution in [0.4, 0.5) is 15.3 Å². The Morgan fingerprint density at radius 2 is 1.86 bits per heavy atom. The van der Waals surface area contributed by atoms with E-state index in [2.05, 4.69) is 10.6 Å². The number of cyclic esters (lactones) is 1. The van der Waals surface area contributed by atoms with Crippen LogP contribution >= 0.6 is 0 Å². The molecule has 3 rings (SSSR count). The van der Waals surface area contributed by atoms with Crippen molar-refractivity contribution in [1.82, 2.24) is 10.2 Å². The van der Waals surface area contributed by atoms with Gasteiger partial charge in [-0.15, -0.1) is 0 Å². The van der Waals surface area contributed by atoms with Gasteiger partial charge in [0.05, 0.1) is 32.5 Å². The van der Waals surface area contributed by atoms with Crippen LogP contribution in [0.3, 0.4) is 0 Å². The zero-order valence-electron chi connectivity index (χ0n) is 16.0. The first-order chi connectivity index (χ1) is 14.0. The van der Waals surface area contributed by atoms with Crippen LogP contribution in [0, 0.1) is 0 Å². The van der Waals surface area contributed by atoms with Gasteiger partial charge in [0.2, 0.25) is 0 Å². The molecule has 1 saturated heterocycles. The van der Waals surface area contributed by atoms with Gasteiger partial charge < -0.3 is 24.8 Å². The van der Waals surface area contributed by atoms with Crippen LogP contribution in [-0.4, -0.2) is 50.3 Å². The molecule has 0 spiro atoms. The monoisotopic (exact) mass is 399 g/mol. The van der Waals surface area contributed by atoms with Gasteiger partial charge in [-0.2, -0.15) is 0 Å². The topological polar surface area (TPSA) is 106 Å². The van der Waals surface area contributed by atoms with Crippen molar-refractivity contribution in [3.05, 3.63) is 54.1 Å². The summed E-state index contributed by atoms with van der Waals surface area (Å²) in [5, 5.41) is 5.50. The minimum absolute atomic E-state index is 0.0512. The highest BCUT2D eigenvalue weighted by Crippen LogP contribution is 2.34. The highest BCUT2D eigenvalue weighted by molar-refractivity contribution is 5.98. The predicted octanol–water partition coefficient (Wildman–Crippen LogP) is 2.55. The van der Waals surface area contributed by atoms with Crippen LogP contribution in [0.2, 0.25) is 0 Å². The van der Waals surface area contributed by atoms with Crippen molar-refractivity contribution in [3.63, 3.8) is 0 Å². The molecule has 1 atom stereocenters. The summed E-state index contributed by atoms with van der Waals surface area (Å²) in [4.78, 5) is 37.3. The normalized spacial score (nSPS) is 14.2. The summed E-state index contributed by atoms with van der Waals surface area (Å²) in [6, 6.07) is 12.9. The van der Waals surface area contributed by atoms with Crippen LogP contribution in [0.5, 0.6) is 11.5 Å². The van der Waals surface area contributed by atoms with Crippen molar-refractivity contribution in [3.8, 4) is 11.5 Å². The van der Waals surface area contributed by atoms with Gasteiger partial charge in [-0.3, -0.25) is 4.79 Å². The maximum atomic E-state index is 12.7. The minimum Gasteiger partial charge on any atom is -0.493 e. The Morgan fingerprint density at radius 3 is 2.48 bits per heavy atom. The average Bonchev–Trinajstić information content (AvgIpc) is 3.05. The van der Waals surface area contributed by atoms with Crippen molar-refractivity contribution < 1.29 is 28.6 Å². The van der Waals surface area contributed by atoms with E-state index >= 15 is 0 Å². The van der Waals surface area contributed by atoms with Crippen molar-refractivity contribution in [2.75, 3.05) is 32.7 Å². The van der Waals surface area contributed by atoms with Crippen LogP contribution in [0.15, 0.2) is 48.5 Å². The number of nitrogens with zero attached hydrogens (tertiary/aromatic N) is 1. The molecular weight excluding hydrogens is 378 g/mol. The van der Waals surface area contributed by atoms with Crippen LogP contribution < -0.4 is 20.1 Å². The number of benzene rings is 2. The molecule has 1 heterocycles. The zero-order valence-corrected chi connectivity index (χ0v) is 16.0. The van der Waals surface area contributed by atoms with E-state index in [9.17, 15) is 14.4 Å². The van der Waals surface area contributed by atoms with Gasteiger partial charge in [-0.25, -0.2) is 14.5 Å². The predicted molar refractivity (Wildman–Crippen MR) is 104 cm³/mol. The van der Waals surface area contributed by atoms with E-state index in [4.69, 9.17) is 14.2 Å². The molecule has 152 valence electrons. The summed E-state index contributed by atoms with van der Waals surface area (Å²) >= 11 is 0. The fraction of sp³-hybridized carbons (Fsp3) is 0.250. The maximum Gasteiger partial charge on any atom is 0.417 e. The number of rotatable bonds is 7. The number of ether oxygens (including phenoxy) is 3. The summed E-state index contributed by atoms with van der Waals surface area (Å²) in [6.45, 7) is -0.349. The Labute approximate surface area is 167 Å². The van der Waals surface area contributed by atoms with Gasteiger partial charge in [0, 0.05) is 0 Å². The average molecular weight is 399 g/mol. The molecule has 1 fully saturated rings. The number of imide groups is 1. The van der Waals surface area contributed by atoms with E-state index in [1.54, 1.807) is 42.5 Å². The van der Waals surface area contributed by atoms with E-state index < -0.39 is 24.1 Å². The van der Waals surface area contributed by atoms with E-state index in [1.807, 2.05) is 6.07 Å². The van der Waals surface area contributed by atoms with Crippen LogP contribution in [0.1, 0.15) is 11.6 Å². The van der Waals surface area contributed by atoms with E-state index in [-0.39, 0.29) is 13.2 Å². The Bertz CT molecular complexity index is 886. The van der Waals surface area contributed by atoms with Gasteiger partial charge in [0.15, 0.2) is 18.1 Å². The Balaban J connectivity index is 1.78. The van der Waals surface area contributed by atoms with Gasteiger partial charge >= 0.3 is 12.1 Å². The molecule has 29 heavy (non-hydrogen) atoms. The first kappa shape index (κ1) is 20.0. The third-order valence-electron chi connectivity index (χ3n) is 4.36. The van der Waals surface area contributed by atoms with Crippen LogP contribution in [0.25, 0.3) is 0 Å². The summed E-state index contributed by atoms with van der Waals surface area (Å²) in [5.41, 5.74) is 1.14. The molecule has 0 saturated carbocycles. The molecule has 2 aromatic rings. The lowest BCUT2D eigenvalue weighted by Gasteiger charge is -2.23. The first-order valence-corrected chi connectivity index (χ1v) is 8.84. The fourth-order valence-corrected chi connectivity index (χ4v) is 2.96. The number of nitrogens with one attached hydrogen (secondary N) is 2. The molecule has 1 aliphatic rings. The van der Waals surface area contributed by atoms with Gasteiger partial charge in [-0.05, 0) is 17.7 Å². The number of methoxy groups -OCH3 is 2. The Kier molecular flexibility index (Phi) is 6.18. The standard InChI is InChI=1S/C20H21N3O6/c1-27-16-10-6-9-14(18(16)28-2)21-19(25)22-15(13-7-4-3-5-8-13)11-23-17(24)12-29-20(23)26/h3-10,15H,11-12H2,1-2H3,(H2,21,22,25). The molecule has 2 N–H and O–H groups in total. The molecule has 0 aromatic heterocycles. The van der Waals surface area contributed by atoms with Gasteiger partial charge in [-0.1, -0.05) is 36.4 Å². The second-order valence-corrected chi connectivity index (χ2v) is 6.16. The van der Waals surface area contributed by atoms with Crippen molar-refractivity contribution >= 4 is 23.7 Å². The van der Waals surface area contributed by atoms with E-state index in [0.29, 0.717) is 17.2 Å². The Morgan fingerprint density at radius 1 is 1.10 bits per heavy atom. The first-order valence-electron chi connectivity index (χ1n) is 8.84. The number of urea groups is 1. The number of amides is 4. The number of hydrogen-bond acceptors (Lipinski definition) is 6. The lowest BCUT2D eigenvalue weighted by molar-refractivity contribution is -0.126. The molecule has 0 bridgehead atoms. The van der Waals surface area contributed by atoms with E-state index in [1.165, 1.54) is 14.2 Å². The molecule has 9 nitrogen and oxygen atoms in total. The van der Waals surface area contributed by atoms with Crippen LogP contribution in [-0.2, 0) is 9.53 Å². The zero-order chi connectivity index (χ0) is 20.8. The second-order valence-electron chi connectivity index (χ2n) is 6.16. The van der Waals surface area contributed by atoms with E-state index in [0.717, 1.165) is 10.5 Å². The summed E-state index contributed by atoms with van der Waals surface area (Å²) in [7, 11) is 2.97. The van der Waals surface area contributed by atoms with Crippen molar-refractivity contribution in [2.45, 2.75) is 6.04 Å². The summed E-state index contributed by atoms with van der Waals surface area (Å²) in [6.07, 6.45) is -0.729. The molecule has 1 unspecified atom stereocenters. The highest BCUT2D eigenvalue weighted by Gasteiger charge is 2.33. The largest absolute Gasteiger partial charge is 0.493 e. The SMILES string of the molecule is COc1cccc(NC(=O)NC(CN2C(=O)COC2=O)c2ccccc2)c1OC. The molecule has 2 aromatic carbocycles. The number of hydrogen-bond donors (Lipinski definition) is 2. The lowest BCUT2D eigenvalue weighted by Crippen LogP contribution is -2.41. The number of carbonyl (C=O) groups excluding carboxylic acids is 3. The highest BCUT2D eigenvalue weighted by atomic mass is 16.6. The molecule has 0 radical (unpaired) electrons. The molecule has 0 aliphatic carbocycles. The maximum absolute atomic E-state index is 12.7. The lowest BCUT2D eigenvalue weighted by atomic mass is 10.1. The van der Waals surface area contributed by atoms with Gasteiger partial charge in [0.1, 0.15) is 0 Å². The molecular formula is C20H21N3O6. The second kappa shape index (κ2) is 8.96. The molecule has 9 heteroatoms. The van der Waals surface area contributed by atoms with Gasteiger partial charge in [0.25, 0.3) is 5.91 Å². The number of anilines is 1. The summed E-state index contributed by atoms with van der Waals surface area (Å²) in [5.74, 6) is 0.391. The third kappa shape index (κ3) is 4.57. The smallest absolute Gasteiger partial charge is 0.417 e. The Hall–Kier alpha value is -3.75. The summed E-state index contributed by atoms with van der Waals surface area (Å²) < 4.78 is 15.3. The fourth-order valence-electron chi connectivity index (χ4n) is 2.96. The molecule has 4 amide bonds. The minimum atomic E-state index is -0.729. The number of carbonyl (C=O) groups is 3. The molecule has 1 aliphatic heterocycles. The third-order valence-corrected chi connectivity index (χ3v) is 4.36. The van der Waals surface area contributed by atoms with Crippen molar-refractivity contribution in [1.29, 1.82) is 0 Å². The quantitative estimate of drug-likeness (QED) is 0.741. The van der Waals surface area contributed by atoms with Crippen molar-refractivity contribution in [2.24, 2.45) is 0 Å². The number of para-hydroxylation sites is 1.